The number of hydrogen-bond acceptors (Lipinski definition) is 2. The van der Waals surface area contributed by atoms with Crippen LogP contribution in [0.4, 0.5) is 0 Å². The molecule has 0 aromatic carbocycles. The molecule has 0 aliphatic rings. The van der Waals surface area contributed by atoms with Crippen LogP contribution in [0.1, 0.15) is 25.7 Å². The third kappa shape index (κ3) is 10.1. The molecule has 0 fully saturated rings. The van der Waals surface area contributed by atoms with Crippen LogP contribution in [0, 0.1) is 0 Å². The van der Waals surface area contributed by atoms with Crippen molar-refractivity contribution in [1.29, 1.82) is 0 Å². The molecule has 0 heterocycles. The monoisotopic (exact) mass is 194 g/mol. The van der Waals surface area contributed by atoms with Gasteiger partial charge in [-0.2, -0.15) is 0 Å². The van der Waals surface area contributed by atoms with Gasteiger partial charge in [-0.25, -0.2) is 5.09 Å². The number of rotatable bonds is 7. The van der Waals surface area contributed by atoms with Crippen molar-refractivity contribution in [3.8, 4) is 0 Å². The topological polar surface area (TPSA) is 107 Å². The molecule has 0 atom stereocenters. The molecule has 7 N–H and O–H groups in total. The van der Waals surface area contributed by atoms with Crippen LogP contribution in [0.15, 0.2) is 0 Å². The molecule has 0 aromatic heterocycles. The first-order chi connectivity index (χ1) is 5.56. The number of nitrogens with one attached hydrogen (secondary N) is 1. The van der Waals surface area contributed by atoms with E-state index in [9.17, 15) is 4.57 Å². The Morgan fingerprint density at radius 1 is 1.08 bits per heavy atom. The molecule has 0 saturated carbocycles. The minimum atomic E-state index is -3.00. The van der Waals surface area contributed by atoms with Crippen molar-refractivity contribution in [3.63, 3.8) is 0 Å². The molecule has 0 bridgehead atoms. The molecule has 0 saturated heterocycles. The van der Waals surface area contributed by atoms with Gasteiger partial charge in [0, 0.05) is 6.54 Å². The summed E-state index contributed by atoms with van der Waals surface area (Å²) < 4.78 is 10.7. The number of unbranched alkanes of at least 4 members (excludes halogenated alkanes) is 3. The second kappa shape index (κ2) is 6.57. The first-order valence-corrected chi connectivity index (χ1v) is 6.03. The Kier molecular flexibility index (Phi) is 6.61. The van der Waals surface area contributed by atoms with Gasteiger partial charge in [0.05, 0.1) is 0 Å². The third-order valence-electron chi connectivity index (χ3n) is 1.49. The number of hydrogen-bond donors (Lipinski definition) is 4. The Hall–Kier alpha value is 0.0700. The quantitative estimate of drug-likeness (QED) is 0.340. The smallest absolute Gasteiger partial charge is 0.273 e. The van der Waals surface area contributed by atoms with Gasteiger partial charge in [-0.05, 0) is 19.4 Å². The van der Waals surface area contributed by atoms with Gasteiger partial charge < -0.3 is 5.73 Å². The maximum Gasteiger partial charge on any atom is 0.273 e. The molecule has 12 heavy (non-hydrogen) atoms. The Labute approximate surface area is 73.6 Å². The van der Waals surface area contributed by atoms with Crippen molar-refractivity contribution < 1.29 is 4.57 Å². The van der Waals surface area contributed by atoms with Crippen molar-refractivity contribution in [2.75, 3.05) is 13.1 Å². The van der Waals surface area contributed by atoms with Crippen LogP contribution >= 0.6 is 7.59 Å². The molecule has 0 unspecified atom stereocenters. The fraction of sp³-hybridized carbons (Fsp3) is 1.00. The Bertz CT molecular complexity index is 146. The van der Waals surface area contributed by atoms with Crippen molar-refractivity contribution >= 4 is 7.59 Å². The first kappa shape index (κ1) is 12.1. The highest BCUT2D eigenvalue weighted by Gasteiger charge is 2.04. The molecule has 0 rings (SSSR count). The summed E-state index contributed by atoms with van der Waals surface area (Å²) in [7, 11) is -3.00. The highest BCUT2D eigenvalue weighted by molar-refractivity contribution is 7.56. The van der Waals surface area contributed by atoms with E-state index in [4.69, 9.17) is 16.7 Å². The van der Waals surface area contributed by atoms with Crippen LogP contribution in [0.2, 0.25) is 0 Å². The molecule has 5 nitrogen and oxygen atoms in total. The third-order valence-corrected chi connectivity index (χ3v) is 2.21. The molecule has 0 spiro atoms. The molecular formula is C6H19N4OP. The molecule has 6 heteroatoms. The first-order valence-electron chi connectivity index (χ1n) is 4.18. The lowest BCUT2D eigenvalue weighted by Crippen LogP contribution is -2.23. The Morgan fingerprint density at radius 2 is 1.67 bits per heavy atom. The zero-order chi connectivity index (χ0) is 9.45. The Balaban J connectivity index is 3.06. The van der Waals surface area contributed by atoms with Gasteiger partial charge in [0.25, 0.3) is 7.59 Å². The summed E-state index contributed by atoms with van der Waals surface area (Å²) in [5.74, 6) is 0. The van der Waals surface area contributed by atoms with Crippen molar-refractivity contribution in [1.82, 2.24) is 5.09 Å². The van der Waals surface area contributed by atoms with Gasteiger partial charge in [-0.15, -0.1) is 0 Å². The Morgan fingerprint density at radius 3 is 2.17 bits per heavy atom. The predicted octanol–water partition coefficient (Wildman–Crippen LogP) is 0.121. The SMILES string of the molecule is NCCCCCCNP(N)(N)=O. The van der Waals surface area contributed by atoms with Crippen molar-refractivity contribution in [2.24, 2.45) is 16.7 Å². The average Bonchev–Trinajstić information content (AvgIpc) is 1.94. The highest BCUT2D eigenvalue weighted by Crippen LogP contribution is 2.16. The minimum absolute atomic E-state index is 0.620. The van der Waals surface area contributed by atoms with Crippen LogP contribution in [-0.4, -0.2) is 13.1 Å². The average molecular weight is 194 g/mol. The van der Waals surface area contributed by atoms with E-state index in [-0.39, 0.29) is 0 Å². The summed E-state index contributed by atoms with van der Waals surface area (Å²) in [6.07, 6.45) is 4.17. The molecule has 0 aliphatic heterocycles. The standard InChI is InChI=1S/C6H19N4OP/c7-5-3-1-2-4-6-10-12(8,9)11/h1-7H2,(H5,8,9,10,11). The molecule has 0 aromatic rings. The van der Waals surface area contributed by atoms with Gasteiger partial charge in [-0.1, -0.05) is 12.8 Å². The molecular weight excluding hydrogens is 175 g/mol. The van der Waals surface area contributed by atoms with Gasteiger partial charge in [0.2, 0.25) is 0 Å². The molecule has 0 aliphatic carbocycles. The fourth-order valence-electron chi connectivity index (χ4n) is 0.877. The fourth-order valence-corrected chi connectivity index (χ4v) is 1.38. The van der Waals surface area contributed by atoms with Gasteiger partial charge >= 0.3 is 0 Å². The van der Waals surface area contributed by atoms with E-state index in [1.807, 2.05) is 0 Å². The van der Waals surface area contributed by atoms with Crippen LogP contribution in [0.25, 0.3) is 0 Å². The summed E-state index contributed by atoms with van der Waals surface area (Å²) in [4.78, 5) is 0. The van der Waals surface area contributed by atoms with Crippen LogP contribution in [-0.2, 0) is 4.57 Å². The lowest BCUT2D eigenvalue weighted by Gasteiger charge is -2.07. The largest absolute Gasteiger partial charge is 0.330 e. The van der Waals surface area contributed by atoms with E-state index in [0.717, 1.165) is 32.2 Å². The van der Waals surface area contributed by atoms with Crippen molar-refractivity contribution in [3.05, 3.63) is 0 Å². The zero-order valence-electron chi connectivity index (χ0n) is 7.33. The highest BCUT2D eigenvalue weighted by atomic mass is 31.2. The van der Waals surface area contributed by atoms with Crippen LogP contribution < -0.4 is 21.8 Å². The summed E-state index contributed by atoms with van der Waals surface area (Å²) in [5, 5.41) is 2.58. The molecule has 0 amide bonds. The second-order valence-corrected chi connectivity index (χ2v) is 4.56. The molecule has 0 radical (unpaired) electrons. The second-order valence-electron chi connectivity index (χ2n) is 2.82. The summed E-state index contributed by atoms with van der Waals surface area (Å²) in [6, 6.07) is 0. The van der Waals surface area contributed by atoms with E-state index in [2.05, 4.69) is 5.09 Å². The van der Waals surface area contributed by atoms with Crippen LogP contribution in [0.5, 0.6) is 0 Å². The lowest BCUT2D eigenvalue weighted by molar-refractivity contribution is 0.560. The van der Waals surface area contributed by atoms with E-state index >= 15 is 0 Å². The zero-order valence-corrected chi connectivity index (χ0v) is 8.22. The normalized spacial score (nSPS) is 11.9. The maximum atomic E-state index is 10.7. The van der Waals surface area contributed by atoms with E-state index in [1.165, 1.54) is 0 Å². The maximum absolute atomic E-state index is 10.7. The summed E-state index contributed by atoms with van der Waals surface area (Å²) in [5.41, 5.74) is 15.5. The van der Waals surface area contributed by atoms with Gasteiger partial charge in [0.1, 0.15) is 0 Å². The van der Waals surface area contributed by atoms with E-state index in [0.29, 0.717) is 6.54 Å². The summed E-state index contributed by atoms with van der Waals surface area (Å²) >= 11 is 0. The van der Waals surface area contributed by atoms with Crippen molar-refractivity contribution in [2.45, 2.75) is 25.7 Å². The van der Waals surface area contributed by atoms with Gasteiger partial charge in [0.15, 0.2) is 0 Å². The van der Waals surface area contributed by atoms with E-state index in [1.54, 1.807) is 0 Å². The minimum Gasteiger partial charge on any atom is -0.330 e. The van der Waals surface area contributed by atoms with Gasteiger partial charge in [-0.3, -0.25) is 15.6 Å². The van der Waals surface area contributed by atoms with E-state index < -0.39 is 7.59 Å². The number of nitrogens with two attached hydrogens (primary N) is 3. The lowest BCUT2D eigenvalue weighted by atomic mass is 10.2. The predicted molar refractivity (Wildman–Crippen MR) is 51.5 cm³/mol. The van der Waals surface area contributed by atoms with Crippen LogP contribution in [0.3, 0.4) is 0 Å². The summed E-state index contributed by atoms with van der Waals surface area (Å²) in [6.45, 7) is 1.36. The molecule has 74 valence electrons.